The van der Waals surface area contributed by atoms with Crippen LogP contribution in [-0.2, 0) is 0 Å². The first-order chi connectivity index (χ1) is 9.01. The van der Waals surface area contributed by atoms with E-state index in [1.165, 1.54) is 25.0 Å². The molecule has 1 fully saturated rings. The molecule has 1 aliphatic carbocycles. The quantitative estimate of drug-likeness (QED) is 0.517. The summed E-state index contributed by atoms with van der Waals surface area (Å²) in [5.41, 5.74) is -0.0276. The number of hydrogen-bond donors (Lipinski definition) is 1. The maximum Gasteiger partial charge on any atom is 0.276 e. The number of nitrogens with zero attached hydrogens (tertiary/aromatic N) is 2. The first-order valence-electron chi connectivity index (χ1n) is 6.59. The predicted molar refractivity (Wildman–Crippen MR) is 75.5 cm³/mol. The summed E-state index contributed by atoms with van der Waals surface area (Å²) in [6, 6.07) is 3.02. The smallest absolute Gasteiger partial charge is 0.276 e. The molecule has 1 aromatic heterocycles. The Morgan fingerprint density at radius 1 is 1.53 bits per heavy atom. The van der Waals surface area contributed by atoms with Gasteiger partial charge in [-0.1, -0.05) is 31.9 Å². The third-order valence-corrected chi connectivity index (χ3v) is 4.27. The molecule has 6 heteroatoms. The van der Waals surface area contributed by atoms with Crippen LogP contribution in [-0.4, -0.2) is 15.9 Å². The van der Waals surface area contributed by atoms with Gasteiger partial charge in [-0.3, -0.25) is 10.1 Å². The lowest BCUT2D eigenvalue weighted by Crippen LogP contribution is -2.25. The van der Waals surface area contributed by atoms with Crippen LogP contribution >= 0.6 is 11.6 Å². The average molecular weight is 284 g/mol. The fraction of sp³-hybridized carbons (Fsp3) is 0.615. The Labute approximate surface area is 117 Å². The lowest BCUT2D eigenvalue weighted by Gasteiger charge is -2.21. The number of hydrogen-bond acceptors (Lipinski definition) is 4. The average Bonchev–Trinajstić information content (AvgIpc) is 2.70. The predicted octanol–water partition coefficient (Wildman–Crippen LogP) is 3.88. The maximum absolute atomic E-state index is 10.8. The summed E-state index contributed by atoms with van der Waals surface area (Å²) >= 11 is 5.82. The van der Waals surface area contributed by atoms with Gasteiger partial charge in [0, 0.05) is 6.04 Å². The van der Waals surface area contributed by atoms with Crippen molar-refractivity contribution in [2.75, 3.05) is 5.32 Å². The van der Waals surface area contributed by atoms with E-state index in [9.17, 15) is 10.1 Å². The first kappa shape index (κ1) is 14.1. The van der Waals surface area contributed by atoms with Gasteiger partial charge in [-0.05, 0) is 24.7 Å². The summed E-state index contributed by atoms with van der Waals surface area (Å²) in [5.74, 6) is 1.75. The highest BCUT2D eigenvalue weighted by atomic mass is 35.5. The molecule has 1 heterocycles. The SMILES string of the molecule is CCC1CCC(Nc2cc([N+](=O)[O-])cc(Cl)n2)C1C. The molecule has 1 saturated carbocycles. The molecule has 3 unspecified atom stereocenters. The molecule has 0 aliphatic heterocycles. The van der Waals surface area contributed by atoms with E-state index in [0.29, 0.717) is 23.7 Å². The Morgan fingerprint density at radius 2 is 2.26 bits per heavy atom. The van der Waals surface area contributed by atoms with Gasteiger partial charge >= 0.3 is 0 Å². The molecule has 1 aliphatic rings. The van der Waals surface area contributed by atoms with Gasteiger partial charge in [0.15, 0.2) is 0 Å². The largest absolute Gasteiger partial charge is 0.367 e. The summed E-state index contributed by atoms with van der Waals surface area (Å²) in [7, 11) is 0. The van der Waals surface area contributed by atoms with Crippen molar-refractivity contribution in [3.63, 3.8) is 0 Å². The van der Waals surface area contributed by atoms with Crippen LogP contribution in [0.5, 0.6) is 0 Å². The van der Waals surface area contributed by atoms with E-state index in [0.717, 1.165) is 6.42 Å². The normalized spacial score (nSPS) is 26.4. The number of pyridine rings is 1. The van der Waals surface area contributed by atoms with Gasteiger partial charge in [0.25, 0.3) is 5.69 Å². The van der Waals surface area contributed by atoms with Gasteiger partial charge in [-0.15, -0.1) is 0 Å². The van der Waals surface area contributed by atoms with Crippen LogP contribution in [0, 0.1) is 22.0 Å². The molecule has 0 aromatic carbocycles. The van der Waals surface area contributed by atoms with Crippen molar-refractivity contribution in [2.24, 2.45) is 11.8 Å². The van der Waals surface area contributed by atoms with E-state index >= 15 is 0 Å². The zero-order valence-corrected chi connectivity index (χ0v) is 11.9. The van der Waals surface area contributed by atoms with E-state index < -0.39 is 4.92 Å². The number of rotatable bonds is 4. The van der Waals surface area contributed by atoms with Gasteiger partial charge in [-0.2, -0.15) is 0 Å². The topological polar surface area (TPSA) is 68.1 Å². The van der Waals surface area contributed by atoms with Crippen LogP contribution in [0.15, 0.2) is 12.1 Å². The van der Waals surface area contributed by atoms with Crippen LogP contribution in [0.1, 0.15) is 33.1 Å². The molecule has 0 amide bonds. The van der Waals surface area contributed by atoms with E-state index in [1.54, 1.807) is 0 Å². The Morgan fingerprint density at radius 3 is 2.84 bits per heavy atom. The number of anilines is 1. The molecule has 0 saturated heterocycles. The van der Waals surface area contributed by atoms with Crippen molar-refractivity contribution < 1.29 is 4.92 Å². The van der Waals surface area contributed by atoms with Gasteiger partial charge < -0.3 is 5.32 Å². The Balaban J connectivity index is 2.13. The Bertz CT molecular complexity index is 481. The summed E-state index contributed by atoms with van der Waals surface area (Å²) in [6.45, 7) is 4.42. The lowest BCUT2D eigenvalue weighted by atomic mass is 9.93. The van der Waals surface area contributed by atoms with Crippen molar-refractivity contribution >= 4 is 23.1 Å². The molecule has 2 rings (SSSR count). The van der Waals surface area contributed by atoms with E-state index in [2.05, 4.69) is 24.1 Å². The number of halogens is 1. The molecule has 1 N–H and O–H groups in total. The second kappa shape index (κ2) is 5.74. The number of nitrogens with one attached hydrogen (secondary N) is 1. The minimum atomic E-state index is -0.453. The first-order valence-corrected chi connectivity index (χ1v) is 6.97. The highest BCUT2D eigenvalue weighted by Gasteiger charge is 2.31. The fourth-order valence-corrected chi connectivity index (χ4v) is 3.08. The number of nitro groups is 1. The van der Waals surface area contributed by atoms with Crippen LogP contribution in [0.3, 0.4) is 0 Å². The third kappa shape index (κ3) is 3.15. The van der Waals surface area contributed by atoms with Crippen LogP contribution in [0.2, 0.25) is 5.15 Å². The van der Waals surface area contributed by atoms with E-state index in [1.807, 2.05) is 0 Å². The molecule has 5 nitrogen and oxygen atoms in total. The van der Waals surface area contributed by atoms with Crippen molar-refractivity contribution in [2.45, 2.75) is 39.2 Å². The zero-order valence-electron chi connectivity index (χ0n) is 11.1. The molecule has 1 aromatic rings. The van der Waals surface area contributed by atoms with Crippen molar-refractivity contribution in [3.05, 3.63) is 27.4 Å². The van der Waals surface area contributed by atoms with Gasteiger partial charge in [-0.25, -0.2) is 4.98 Å². The maximum atomic E-state index is 10.8. The van der Waals surface area contributed by atoms with Crippen LogP contribution < -0.4 is 5.32 Å². The standard InChI is InChI=1S/C13H18ClN3O2/c1-3-9-4-5-11(8(9)2)15-13-7-10(17(18)19)6-12(14)16-13/h6-9,11H,3-5H2,1-2H3,(H,15,16). The van der Waals surface area contributed by atoms with Gasteiger partial charge in [0.1, 0.15) is 11.0 Å². The summed E-state index contributed by atoms with van der Waals surface area (Å²) < 4.78 is 0. The Kier molecular flexibility index (Phi) is 4.24. The van der Waals surface area contributed by atoms with E-state index in [-0.39, 0.29) is 10.8 Å². The molecule has 104 valence electrons. The van der Waals surface area contributed by atoms with E-state index in [4.69, 9.17) is 11.6 Å². The molecule has 3 atom stereocenters. The second-order valence-corrected chi connectivity index (χ2v) is 5.53. The van der Waals surface area contributed by atoms with Crippen LogP contribution in [0.4, 0.5) is 11.5 Å². The van der Waals surface area contributed by atoms with Crippen molar-refractivity contribution in [1.82, 2.24) is 4.98 Å². The summed E-state index contributed by atoms with van der Waals surface area (Å²) in [4.78, 5) is 14.5. The minimum absolute atomic E-state index is 0.0276. The lowest BCUT2D eigenvalue weighted by molar-refractivity contribution is -0.384. The van der Waals surface area contributed by atoms with Gasteiger partial charge in [0.2, 0.25) is 0 Å². The Hall–Kier alpha value is -1.36. The third-order valence-electron chi connectivity index (χ3n) is 4.07. The molecule has 19 heavy (non-hydrogen) atoms. The highest BCUT2D eigenvalue weighted by molar-refractivity contribution is 6.29. The zero-order chi connectivity index (χ0) is 14.0. The molecule has 0 bridgehead atoms. The summed E-state index contributed by atoms with van der Waals surface area (Å²) in [6.07, 6.45) is 3.43. The van der Waals surface area contributed by atoms with Crippen molar-refractivity contribution in [3.8, 4) is 0 Å². The fourth-order valence-electron chi connectivity index (χ4n) is 2.88. The van der Waals surface area contributed by atoms with Crippen LogP contribution in [0.25, 0.3) is 0 Å². The van der Waals surface area contributed by atoms with Crippen molar-refractivity contribution in [1.29, 1.82) is 0 Å². The molecule has 0 spiro atoms. The summed E-state index contributed by atoms with van der Waals surface area (Å²) in [5, 5.41) is 14.2. The molecular weight excluding hydrogens is 266 g/mol. The number of aromatic nitrogens is 1. The second-order valence-electron chi connectivity index (χ2n) is 5.15. The molecular formula is C13H18ClN3O2. The highest BCUT2D eigenvalue weighted by Crippen LogP contribution is 2.35. The van der Waals surface area contributed by atoms with Gasteiger partial charge in [0.05, 0.1) is 17.1 Å². The molecule has 0 radical (unpaired) electrons. The monoisotopic (exact) mass is 283 g/mol. The minimum Gasteiger partial charge on any atom is -0.367 e.